The van der Waals surface area contributed by atoms with Crippen LogP contribution in [0.2, 0.25) is 0 Å². The highest BCUT2D eigenvalue weighted by atomic mass is 32.1. The summed E-state index contributed by atoms with van der Waals surface area (Å²) in [5.41, 5.74) is 0.210. The molecule has 5 heteroatoms. The van der Waals surface area contributed by atoms with Gasteiger partial charge < -0.3 is 10.6 Å². The van der Waals surface area contributed by atoms with E-state index >= 15 is 0 Å². The monoisotopic (exact) mass is 354 g/mol. The van der Waals surface area contributed by atoms with Gasteiger partial charge in [-0.05, 0) is 37.2 Å². The molecule has 1 aromatic rings. The Morgan fingerprint density at radius 3 is 1.96 bits per heavy atom. The van der Waals surface area contributed by atoms with Crippen LogP contribution < -0.4 is 10.6 Å². The first kappa shape index (κ1) is 19.1. The van der Waals surface area contributed by atoms with Gasteiger partial charge in [-0.2, -0.15) is 0 Å². The molecule has 0 saturated heterocycles. The predicted octanol–water partition coefficient (Wildman–Crippen LogP) is 5.92. The minimum Gasteiger partial charge on any atom is -0.360 e. The summed E-state index contributed by atoms with van der Waals surface area (Å²) in [5, 5.41) is 6.59. The number of nitrogens with one attached hydrogen (secondary N) is 2. The van der Waals surface area contributed by atoms with E-state index in [9.17, 15) is 8.78 Å². The first-order valence-corrected chi connectivity index (χ1v) is 9.58. The summed E-state index contributed by atoms with van der Waals surface area (Å²) >= 11 is 5.31. The average Bonchev–Trinajstić information content (AvgIpc) is 2.53. The summed E-state index contributed by atoms with van der Waals surface area (Å²) in [7, 11) is 0. The summed E-state index contributed by atoms with van der Waals surface area (Å²) in [4.78, 5) is 0. The van der Waals surface area contributed by atoms with Crippen molar-refractivity contribution in [3.05, 3.63) is 29.8 Å². The zero-order valence-electron chi connectivity index (χ0n) is 14.3. The number of anilines is 1. The topological polar surface area (TPSA) is 24.1 Å². The van der Waals surface area contributed by atoms with Crippen LogP contribution in [0.15, 0.2) is 18.2 Å². The zero-order valence-corrected chi connectivity index (χ0v) is 15.1. The summed E-state index contributed by atoms with van der Waals surface area (Å²) < 4.78 is 26.7. The van der Waals surface area contributed by atoms with Crippen LogP contribution in [0, 0.1) is 11.6 Å². The minimum atomic E-state index is -0.627. The third-order valence-electron chi connectivity index (χ3n) is 4.62. The highest BCUT2D eigenvalue weighted by molar-refractivity contribution is 7.80. The minimum absolute atomic E-state index is 0.210. The number of hydrogen-bond acceptors (Lipinski definition) is 1. The first-order chi connectivity index (χ1) is 11.6. The van der Waals surface area contributed by atoms with Crippen LogP contribution in [-0.4, -0.2) is 11.2 Å². The van der Waals surface area contributed by atoms with E-state index in [1.165, 1.54) is 69.9 Å². The molecule has 1 aromatic carbocycles. The number of benzene rings is 1. The zero-order chi connectivity index (χ0) is 17.2. The molecule has 24 heavy (non-hydrogen) atoms. The Balaban J connectivity index is 1.84. The van der Waals surface area contributed by atoms with Gasteiger partial charge in [-0.15, -0.1) is 0 Å². The highest BCUT2D eigenvalue weighted by Gasteiger charge is 2.12. The van der Waals surface area contributed by atoms with E-state index in [0.29, 0.717) is 11.2 Å². The lowest BCUT2D eigenvalue weighted by molar-refractivity contribution is 0.444. The molecule has 0 radical (unpaired) electrons. The second-order valence-corrected chi connectivity index (χ2v) is 7.09. The van der Waals surface area contributed by atoms with Crippen molar-refractivity contribution < 1.29 is 8.78 Å². The molecule has 1 aliphatic rings. The van der Waals surface area contributed by atoms with Gasteiger partial charge in [0.05, 0.1) is 5.69 Å². The van der Waals surface area contributed by atoms with Gasteiger partial charge in [-0.1, -0.05) is 57.8 Å². The molecule has 0 heterocycles. The average molecular weight is 355 g/mol. The van der Waals surface area contributed by atoms with Crippen molar-refractivity contribution in [1.29, 1.82) is 0 Å². The molecule has 2 N–H and O–H groups in total. The number of halogens is 2. The van der Waals surface area contributed by atoms with Gasteiger partial charge in [0.2, 0.25) is 0 Å². The molecule has 0 unspecified atom stereocenters. The van der Waals surface area contributed by atoms with Crippen LogP contribution in [0.3, 0.4) is 0 Å². The molecule has 0 amide bonds. The van der Waals surface area contributed by atoms with Crippen LogP contribution in [0.25, 0.3) is 0 Å². The van der Waals surface area contributed by atoms with Crippen molar-refractivity contribution in [3.63, 3.8) is 0 Å². The van der Waals surface area contributed by atoms with Crippen LogP contribution >= 0.6 is 12.2 Å². The molecule has 2 rings (SSSR count). The Kier molecular flexibility index (Phi) is 8.43. The molecule has 0 spiro atoms. The van der Waals surface area contributed by atoms with Gasteiger partial charge in [0.1, 0.15) is 11.6 Å². The fourth-order valence-electron chi connectivity index (χ4n) is 3.24. The largest absolute Gasteiger partial charge is 0.360 e. The molecule has 1 fully saturated rings. The second-order valence-electron chi connectivity index (χ2n) is 6.68. The molecular formula is C19H28F2N2S. The van der Waals surface area contributed by atoms with Gasteiger partial charge in [0, 0.05) is 12.1 Å². The Hall–Kier alpha value is -1.23. The highest BCUT2D eigenvalue weighted by Crippen LogP contribution is 2.18. The van der Waals surface area contributed by atoms with Gasteiger partial charge >= 0.3 is 0 Å². The van der Waals surface area contributed by atoms with Crippen molar-refractivity contribution in [2.24, 2.45) is 0 Å². The Labute approximate surface area is 149 Å². The molecule has 1 aliphatic carbocycles. The van der Waals surface area contributed by atoms with E-state index in [4.69, 9.17) is 12.2 Å². The SMILES string of the molecule is Fc1ccc(NC(=S)NC2CCCCCCCCCCC2)c(F)c1. The molecule has 0 atom stereocenters. The van der Waals surface area contributed by atoms with Crippen molar-refractivity contribution in [3.8, 4) is 0 Å². The smallest absolute Gasteiger partial charge is 0.171 e. The summed E-state index contributed by atoms with van der Waals surface area (Å²) in [6.45, 7) is 0. The maximum absolute atomic E-state index is 13.7. The predicted molar refractivity (Wildman–Crippen MR) is 100 cm³/mol. The van der Waals surface area contributed by atoms with Gasteiger partial charge in [0.15, 0.2) is 5.11 Å². The quantitative estimate of drug-likeness (QED) is 0.644. The van der Waals surface area contributed by atoms with Gasteiger partial charge in [-0.25, -0.2) is 8.78 Å². The van der Waals surface area contributed by atoms with Crippen molar-refractivity contribution >= 4 is 23.0 Å². The second kappa shape index (κ2) is 10.6. The lowest BCUT2D eigenvalue weighted by Crippen LogP contribution is -2.38. The van der Waals surface area contributed by atoms with Crippen LogP contribution in [0.5, 0.6) is 0 Å². The van der Waals surface area contributed by atoms with E-state index in [2.05, 4.69) is 10.6 Å². The lowest BCUT2D eigenvalue weighted by atomic mass is 9.98. The normalized spacial score (nSPS) is 18.2. The fraction of sp³-hybridized carbons (Fsp3) is 0.632. The van der Waals surface area contributed by atoms with E-state index in [0.717, 1.165) is 18.9 Å². The first-order valence-electron chi connectivity index (χ1n) is 9.18. The van der Waals surface area contributed by atoms with E-state index in [1.54, 1.807) is 0 Å². The number of thiocarbonyl (C=S) groups is 1. The Morgan fingerprint density at radius 2 is 1.42 bits per heavy atom. The summed E-state index contributed by atoms with van der Waals surface area (Å²) in [6, 6.07) is 3.79. The van der Waals surface area contributed by atoms with Crippen molar-refractivity contribution in [2.75, 3.05) is 5.32 Å². The Bertz CT molecular complexity index is 510. The molecule has 1 saturated carbocycles. The third kappa shape index (κ3) is 7.12. The molecule has 0 aliphatic heterocycles. The Morgan fingerprint density at radius 1 is 0.875 bits per heavy atom. The molecule has 134 valence electrons. The van der Waals surface area contributed by atoms with Gasteiger partial charge in [-0.3, -0.25) is 0 Å². The van der Waals surface area contributed by atoms with E-state index < -0.39 is 11.6 Å². The number of rotatable bonds is 2. The standard InChI is InChI=1S/C19H28F2N2S/c20-15-12-13-18(17(21)14-15)23-19(24)22-16-10-8-6-4-2-1-3-5-7-9-11-16/h12-14,16H,1-11H2,(H2,22,23,24). The maximum Gasteiger partial charge on any atom is 0.171 e. The fourth-order valence-corrected chi connectivity index (χ4v) is 3.52. The molecule has 2 nitrogen and oxygen atoms in total. The van der Waals surface area contributed by atoms with Crippen molar-refractivity contribution in [1.82, 2.24) is 5.32 Å². The maximum atomic E-state index is 13.7. The van der Waals surface area contributed by atoms with Crippen LogP contribution in [0.1, 0.15) is 70.6 Å². The van der Waals surface area contributed by atoms with Crippen molar-refractivity contribution in [2.45, 2.75) is 76.7 Å². The summed E-state index contributed by atoms with van der Waals surface area (Å²) in [5.74, 6) is -1.21. The summed E-state index contributed by atoms with van der Waals surface area (Å²) in [6.07, 6.45) is 13.8. The van der Waals surface area contributed by atoms with Crippen LogP contribution in [0.4, 0.5) is 14.5 Å². The lowest BCUT2D eigenvalue weighted by Gasteiger charge is -2.21. The van der Waals surface area contributed by atoms with E-state index in [-0.39, 0.29) is 5.69 Å². The molecule has 0 bridgehead atoms. The third-order valence-corrected chi connectivity index (χ3v) is 4.84. The molecular weight excluding hydrogens is 326 g/mol. The van der Waals surface area contributed by atoms with E-state index in [1.807, 2.05) is 0 Å². The van der Waals surface area contributed by atoms with Gasteiger partial charge in [0.25, 0.3) is 0 Å². The molecule has 0 aromatic heterocycles. The van der Waals surface area contributed by atoms with Crippen LogP contribution in [-0.2, 0) is 0 Å². The number of hydrogen-bond donors (Lipinski definition) is 2.